The molecule has 0 aliphatic rings. The lowest BCUT2D eigenvalue weighted by Gasteiger charge is -2.03. The summed E-state index contributed by atoms with van der Waals surface area (Å²) in [7, 11) is 0. The predicted molar refractivity (Wildman–Crippen MR) is 77.5 cm³/mol. The Morgan fingerprint density at radius 3 is 2.68 bits per heavy atom. The Morgan fingerprint density at radius 1 is 1.16 bits per heavy atom. The van der Waals surface area contributed by atoms with Crippen LogP contribution in [0.5, 0.6) is 0 Å². The Bertz CT molecular complexity index is 706. The second-order valence-electron chi connectivity index (χ2n) is 3.84. The molecule has 94 valence electrons. The molecule has 4 nitrogen and oxygen atoms in total. The van der Waals surface area contributed by atoms with Gasteiger partial charge in [0.05, 0.1) is 15.4 Å². The van der Waals surface area contributed by atoms with Crippen LogP contribution in [0, 0.1) is 10.1 Å². The van der Waals surface area contributed by atoms with Crippen molar-refractivity contribution in [2.24, 2.45) is 0 Å². The minimum atomic E-state index is -0.334. The summed E-state index contributed by atoms with van der Waals surface area (Å²) in [6.07, 6.45) is 1.69. The van der Waals surface area contributed by atoms with Gasteiger partial charge in [-0.2, -0.15) is 0 Å². The van der Waals surface area contributed by atoms with Crippen LogP contribution in [0.4, 0.5) is 5.69 Å². The number of thiophene rings is 1. The summed E-state index contributed by atoms with van der Waals surface area (Å²) in [6.45, 7) is 0. The first kappa shape index (κ1) is 12.0. The molecule has 3 aromatic rings. The SMILES string of the molecule is O=[N+]([O-])c1cc(-c2ccns2)ccc1-c1cccs1. The molecule has 2 heterocycles. The zero-order chi connectivity index (χ0) is 13.2. The molecule has 0 spiro atoms. The number of nitro groups is 1. The Labute approximate surface area is 117 Å². The number of hydrogen-bond donors (Lipinski definition) is 0. The molecule has 0 aliphatic carbocycles. The highest BCUT2D eigenvalue weighted by molar-refractivity contribution is 7.13. The van der Waals surface area contributed by atoms with E-state index in [9.17, 15) is 10.1 Å². The lowest BCUT2D eigenvalue weighted by atomic mass is 10.1. The minimum Gasteiger partial charge on any atom is -0.258 e. The van der Waals surface area contributed by atoms with Crippen molar-refractivity contribution in [1.82, 2.24) is 4.37 Å². The molecule has 0 atom stereocenters. The number of nitrogens with zero attached hydrogens (tertiary/aromatic N) is 2. The largest absolute Gasteiger partial charge is 0.278 e. The average Bonchev–Trinajstić information content (AvgIpc) is 3.11. The van der Waals surface area contributed by atoms with E-state index in [1.165, 1.54) is 22.9 Å². The van der Waals surface area contributed by atoms with E-state index >= 15 is 0 Å². The molecule has 19 heavy (non-hydrogen) atoms. The Kier molecular flexibility index (Phi) is 3.10. The van der Waals surface area contributed by atoms with Crippen molar-refractivity contribution >= 4 is 28.6 Å². The van der Waals surface area contributed by atoms with Crippen LogP contribution in [-0.2, 0) is 0 Å². The molecule has 6 heteroatoms. The number of nitro benzene ring substituents is 1. The van der Waals surface area contributed by atoms with Crippen LogP contribution in [0.1, 0.15) is 0 Å². The molecule has 0 bridgehead atoms. The molecule has 0 saturated heterocycles. The summed E-state index contributed by atoms with van der Waals surface area (Å²) < 4.78 is 4.02. The van der Waals surface area contributed by atoms with E-state index in [4.69, 9.17) is 0 Å². The monoisotopic (exact) mass is 288 g/mol. The fourth-order valence-corrected chi connectivity index (χ4v) is 3.19. The highest BCUT2D eigenvalue weighted by Crippen LogP contribution is 2.36. The quantitative estimate of drug-likeness (QED) is 0.528. The molecule has 3 rings (SSSR count). The van der Waals surface area contributed by atoms with E-state index in [1.807, 2.05) is 29.6 Å². The molecule has 0 aliphatic heterocycles. The van der Waals surface area contributed by atoms with Gasteiger partial charge in [0.2, 0.25) is 0 Å². The molecule has 0 N–H and O–H groups in total. The van der Waals surface area contributed by atoms with Gasteiger partial charge in [0.25, 0.3) is 5.69 Å². The van der Waals surface area contributed by atoms with Crippen LogP contribution in [0.2, 0.25) is 0 Å². The fourth-order valence-electron chi connectivity index (χ4n) is 1.84. The maximum atomic E-state index is 11.2. The van der Waals surface area contributed by atoms with E-state index in [0.717, 1.165) is 15.3 Å². The van der Waals surface area contributed by atoms with Gasteiger partial charge in [-0.15, -0.1) is 11.3 Å². The second kappa shape index (κ2) is 4.91. The summed E-state index contributed by atoms with van der Waals surface area (Å²) in [5, 5.41) is 13.1. The number of rotatable bonds is 3. The van der Waals surface area contributed by atoms with Gasteiger partial charge in [-0.1, -0.05) is 12.1 Å². The fraction of sp³-hybridized carbons (Fsp3) is 0. The maximum absolute atomic E-state index is 11.2. The Hall–Kier alpha value is -2.05. The molecule has 2 aromatic heterocycles. The molecule has 0 saturated carbocycles. The lowest BCUT2D eigenvalue weighted by Crippen LogP contribution is -1.91. The Morgan fingerprint density at radius 2 is 2.05 bits per heavy atom. The molecule has 1 aromatic carbocycles. The zero-order valence-electron chi connectivity index (χ0n) is 9.65. The summed E-state index contributed by atoms with van der Waals surface area (Å²) in [5.74, 6) is 0. The summed E-state index contributed by atoms with van der Waals surface area (Å²) in [5.41, 5.74) is 1.62. The number of benzene rings is 1. The normalized spacial score (nSPS) is 10.5. The van der Waals surface area contributed by atoms with Crippen LogP contribution in [0.25, 0.3) is 20.9 Å². The molecule has 0 amide bonds. The molecular weight excluding hydrogens is 280 g/mol. The van der Waals surface area contributed by atoms with Gasteiger partial charge in [0.15, 0.2) is 0 Å². The van der Waals surface area contributed by atoms with Gasteiger partial charge in [0.1, 0.15) is 0 Å². The second-order valence-corrected chi connectivity index (χ2v) is 5.62. The van der Waals surface area contributed by atoms with Crippen molar-refractivity contribution < 1.29 is 4.92 Å². The zero-order valence-corrected chi connectivity index (χ0v) is 11.3. The molecular formula is C13H8N2O2S2. The highest BCUT2D eigenvalue weighted by atomic mass is 32.1. The number of aromatic nitrogens is 1. The van der Waals surface area contributed by atoms with E-state index in [-0.39, 0.29) is 10.6 Å². The van der Waals surface area contributed by atoms with E-state index in [2.05, 4.69) is 4.37 Å². The smallest absolute Gasteiger partial charge is 0.258 e. The van der Waals surface area contributed by atoms with Gasteiger partial charge in [0, 0.05) is 22.7 Å². The Balaban J connectivity index is 2.15. The van der Waals surface area contributed by atoms with Crippen LogP contribution < -0.4 is 0 Å². The third kappa shape index (κ3) is 2.27. The summed E-state index contributed by atoms with van der Waals surface area (Å²) in [6, 6.07) is 11.0. The van der Waals surface area contributed by atoms with Crippen molar-refractivity contribution in [2.75, 3.05) is 0 Å². The van der Waals surface area contributed by atoms with Crippen molar-refractivity contribution in [3.05, 3.63) is 58.1 Å². The van der Waals surface area contributed by atoms with E-state index in [1.54, 1.807) is 18.3 Å². The molecule has 0 unspecified atom stereocenters. The van der Waals surface area contributed by atoms with Gasteiger partial charge < -0.3 is 0 Å². The van der Waals surface area contributed by atoms with Gasteiger partial charge in [-0.05, 0) is 35.1 Å². The van der Waals surface area contributed by atoms with E-state index < -0.39 is 0 Å². The van der Waals surface area contributed by atoms with E-state index in [0.29, 0.717) is 5.56 Å². The van der Waals surface area contributed by atoms with Crippen LogP contribution in [0.15, 0.2) is 48.0 Å². The molecule has 0 fully saturated rings. The first-order valence-electron chi connectivity index (χ1n) is 5.49. The third-order valence-electron chi connectivity index (χ3n) is 2.70. The van der Waals surface area contributed by atoms with Gasteiger partial charge in [-0.3, -0.25) is 10.1 Å². The maximum Gasteiger partial charge on any atom is 0.278 e. The first-order valence-corrected chi connectivity index (χ1v) is 7.14. The standard InChI is InChI=1S/C13H8N2O2S2/c16-15(17)11-8-9(12-5-6-14-19-12)3-4-10(11)13-2-1-7-18-13/h1-8H. The van der Waals surface area contributed by atoms with Crippen molar-refractivity contribution in [3.63, 3.8) is 0 Å². The van der Waals surface area contributed by atoms with Crippen LogP contribution in [0.3, 0.4) is 0 Å². The van der Waals surface area contributed by atoms with Crippen LogP contribution in [-0.4, -0.2) is 9.30 Å². The third-order valence-corrected chi connectivity index (χ3v) is 4.40. The summed E-state index contributed by atoms with van der Waals surface area (Å²) in [4.78, 5) is 12.7. The minimum absolute atomic E-state index is 0.133. The molecule has 0 radical (unpaired) electrons. The van der Waals surface area contributed by atoms with Gasteiger partial charge >= 0.3 is 0 Å². The first-order chi connectivity index (χ1) is 9.25. The van der Waals surface area contributed by atoms with Crippen molar-refractivity contribution in [3.8, 4) is 20.9 Å². The lowest BCUT2D eigenvalue weighted by molar-refractivity contribution is -0.384. The van der Waals surface area contributed by atoms with Crippen molar-refractivity contribution in [2.45, 2.75) is 0 Å². The van der Waals surface area contributed by atoms with Crippen LogP contribution >= 0.6 is 22.9 Å². The average molecular weight is 288 g/mol. The summed E-state index contributed by atoms with van der Waals surface area (Å²) >= 11 is 2.83. The predicted octanol–water partition coefficient (Wildman–Crippen LogP) is 4.45. The number of hydrogen-bond acceptors (Lipinski definition) is 5. The van der Waals surface area contributed by atoms with Crippen molar-refractivity contribution in [1.29, 1.82) is 0 Å². The van der Waals surface area contributed by atoms with Gasteiger partial charge in [-0.25, -0.2) is 4.37 Å². The topological polar surface area (TPSA) is 56.0 Å². The highest BCUT2D eigenvalue weighted by Gasteiger charge is 2.17.